The number of anilines is 2. The van der Waals surface area contributed by atoms with Crippen LogP contribution in [0.15, 0.2) is 72.9 Å². The molecule has 3 aromatic carbocycles. The Morgan fingerprint density at radius 2 is 1.86 bits per heavy atom. The van der Waals surface area contributed by atoms with Crippen molar-refractivity contribution in [1.29, 1.82) is 0 Å². The lowest BCUT2D eigenvalue weighted by molar-refractivity contribution is -0.0311. The van der Waals surface area contributed by atoms with E-state index in [0.717, 1.165) is 41.2 Å². The van der Waals surface area contributed by atoms with Crippen molar-refractivity contribution in [3.8, 4) is 22.6 Å². The molecule has 0 bridgehead atoms. The van der Waals surface area contributed by atoms with Crippen LogP contribution < -0.4 is 5.32 Å². The molecule has 0 fully saturated rings. The van der Waals surface area contributed by atoms with E-state index >= 15 is 0 Å². The van der Waals surface area contributed by atoms with Crippen LogP contribution in [0.1, 0.15) is 11.1 Å². The van der Waals surface area contributed by atoms with Crippen molar-refractivity contribution >= 4 is 23.0 Å². The molecule has 5 N–H and O–H groups in total. The largest absolute Gasteiger partial charge is 0.394 e. The van der Waals surface area contributed by atoms with Crippen molar-refractivity contribution in [2.75, 3.05) is 25.0 Å². The molecule has 0 saturated heterocycles. The fourth-order valence-electron chi connectivity index (χ4n) is 4.61. The highest BCUT2D eigenvalue weighted by molar-refractivity contribution is 6.33. The molecule has 1 aliphatic heterocycles. The number of benzene rings is 3. The van der Waals surface area contributed by atoms with Gasteiger partial charge in [-0.3, -0.25) is 4.90 Å². The van der Waals surface area contributed by atoms with E-state index in [4.69, 9.17) is 16.7 Å². The first-order chi connectivity index (χ1) is 17.5. The van der Waals surface area contributed by atoms with E-state index in [-0.39, 0.29) is 0 Å². The van der Waals surface area contributed by atoms with Crippen LogP contribution in [0.2, 0.25) is 5.02 Å². The number of H-pyrrole nitrogens is 1. The molecule has 36 heavy (non-hydrogen) atoms. The minimum atomic E-state index is -1.13. The number of β-amino-alcohol motifs (C(OH)–C–C–N with tert-alkyl or cyclic N) is 1. The number of rotatable bonds is 8. The zero-order valence-corrected chi connectivity index (χ0v) is 20.5. The maximum Gasteiger partial charge on any atom is 0.139 e. The van der Waals surface area contributed by atoms with Gasteiger partial charge in [-0.1, -0.05) is 54.1 Å². The van der Waals surface area contributed by atoms with E-state index < -0.39 is 18.8 Å². The molecular formula is C28H29ClN4O3. The third-order valence-electron chi connectivity index (χ3n) is 6.58. The molecule has 186 valence electrons. The first-order valence-corrected chi connectivity index (χ1v) is 12.4. The minimum Gasteiger partial charge on any atom is -0.394 e. The second kappa shape index (κ2) is 10.8. The average Bonchev–Trinajstić information content (AvgIpc) is 3.40. The summed E-state index contributed by atoms with van der Waals surface area (Å²) in [5, 5.41) is 33.0. The number of hydrogen-bond donors (Lipinski definition) is 5. The lowest BCUT2D eigenvalue weighted by Crippen LogP contribution is -2.42. The summed E-state index contributed by atoms with van der Waals surface area (Å²) < 4.78 is 0. The van der Waals surface area contributed by atoms with Gasteiger partial charge in [-0.25, -0.2) is 4.98 Å². The normalized spacial score (nSPS) is 15.3. The Morgan fingerprint density at radius 1 is 1.03 bits per heavy atom. The fourth-order valence-corrected chi connectivity index (χ4v) is 4.82. The summed E-state index contributed by atoms with van der Waals surface area (Å²) in [6, 6.07) is 22.0. The molecular weight excluding hydrogens is 476 g/mol. The minimum absolute atomic E-state index is 0.313. The van der Waals surface area contributed by atoms with E-state index in [1.165, 1.54) is 11.1 Å². The van der Waals surface area contributed by atoms with Crippen LogP contribution in [0.5, 0.6) is 0 Å². The number of aromatic amines is 1. The zero-order chi connectivity index (χ0) is 25.1. The van der Waals surface area contributed by atoms with E-state index in [2.05, 4.69) is 32.3 Å². The Morgan fingerprint density at radius 3 is 2.67 bits per heavy atom. The van der Waals surface area contributed by atoms with E-state index in [1.54, 1.807) is 0 Å². The maximum absolute atomic E-state index is 10.1. The average molecular weight is 505 g/mol. The first-order valence-electron chi connectivity index (χ1n) is 12.0. The quantitative estimate of drug-likeness (QED) is 0.246. The van der Waals surface area contributed by atoms with Gasteiger partial charge in [0.2, 0.25) is 0 Å². The predicted octanol–water partition coefficient (Wildman–Crippen LogP) is 4.21. The molecule has 0 spiro atoms. The number of hydrogen-bond acceptors (Lipinski definition) is 6. The highest BCUT2D eigenvalue weighted by Crippen LogP contribution is 2.33. The number of imidazole rings is 1. The van der Waals surface area contributed by atoms with Gasteiger partial charge in [-0.15, -0.1) is 0 Å². The highest BCUT2D eigenvalue weighted by Gasteiger charge is 2.24. The molecule has 8 heteroatoms. The van der Waals surface area contributed by atoms with Gasteiger partial charge in [0, 0.05) is 36.6 Å². The molecule has 0 aliphatic carbocycles. The summed E-state index contributed by atoms with van der Waals surface area (Å²) in [6.45, 7) is 1.28. The summed E-state index contributed by atoms with van der Waals surface area (Å²) in [6.07, 6.45) is 0.516. The number of aliphatic hydroxyl groups is 3. The van der Waals surface area contributed by atoms with E-state index in [1.807, 2.05) is 60.8 Å². The Labute approximate surface area is 215 Å². The van der Waals surface area contributed by atoms with Gasteiger partial charge in [-0.05, 0) is 47.4 Å². The highest BCUT2D eigenvalue weighted by atomic mass is 35.5. The Kier molecular flexibility index (Phi) is 7.36. The van der Waals surface area contributed by atoms with Crippen molar-refractivity contribution in [2.24, 2.45) is 0 Å². The Hall–Kier alpha value is -3.20. The molecule has 0 radical (unpaired) electrons. The summed E-state index contributed by atoms with van der Waals surface area (Å²) in [7, 11) is 0. The van der Waals surface area contributed by atoms with Gasteiger partial charge in [0.15, 0.2) is 0 Å². The number of fused-ring (bicyclic) bond motifs is 1. The van der Waals surface area contributed by atoms with Gasteiger partial charge in [0.1, 0.15) is 11.9 Å². The summed E-state index contributed by atoms with van der Waals surface area (Å²) in [4.78, 5) is 10.0. The summed E-state index contributed by atoms with van der Waals surface area (Å²) in [5.41, 5.74) is 7.14. The van der Waals surface area contributed by atoms with Gasteiger partial charge in [-0.2, -0.15) is 0 Å². The Bertz CT molecular complexity index is 1330. The topological polar surface area (TPSA) is 105 Å². The van der Waals surface area contributed by atoms with Crippen molar-refractivity contribution in [2.45, 2.75) is 25.2 Å². The van der Waals surface area contributed by atoms with E-state index in [9.17, 15) is 10.2 Å². The van der Waals surface area contributed by atoms with Crippen LogP contribution in [-0.2, 0) is 13.0 Å². The van der Waals surface area contributed by atoms with Crippen LogP contribution in [0.25, 0.3) is 22.6 Å². The smallest absolute Gasteiger partial charge is 0.139 e. The van der Waals surface area contributed by atoms with Crippen LogP contribution >= 0.6 is 11.6 Å². The standard InChI is InChI=1S/C28H29ClN4O3/c29-23-10-9-20(13-22(23)28-30-14-25(32-28)18-5-2-1-3-6-18)31-24-8-4-7-19-15-33(12-11-21(19)24)16-26(35)27(36)17-34/h1-10,13-14,26-27,31,34-36H,11-12,15-17H2,(H,30,32)/t26-,27-/m0/s1. The lowest BCUT2D eigenvalue weighted by Gasteiger charge is -2.32. The van der Waals surface area contributed by atoms with E-state index in [0.29, 0.717) is 23.9 Å². The molecule has 0 unspecified atom stereocenters. The van der Waals surface area contributed by atoms with Gasteiger partial charge < -0.3 is 25.6 Å². The summed E-state index contributed by atoms with van der Waals surface area (Å²) in [5.74, 6) is 0.705. The maximum atomic E-state index is 10.1. The van der Waals surface area contributed by atoms with Crippen LogP contribution in [-0.4, -0.2) is 62.1 Å². The molecule has 7 nitrogen and oxygen atoms in total. The number of aliphatic hydroxyl groups excluding tert-OH is 3. The van der Waals surface area contributed by atoms with Crippen molar-refractivity contribution in [3.05, 3.63) is 89.1 Å². The van der Waals surface area contributed by atoms with Gasteiger partial charge in [0.05, 0.1) is 29.6 Å². The molecule has 2 heterocycles. The second-order valence-corrected chi connectivity index (χ2v) is 9.48. The number of nitrogens with one attached hydrogen (secondary N) is 2. The SMILES string of the molecule is OC[C@H](O)[C@@H](O)CN1CCc2c(cccc2Nc2ccc(Cl)c(-c3ncc(-c4ccccc4)[nH]3)c2)C1. The number of aromatic nitrogens is 2. The van der Waals surface area contributed by atoms with Crippen molar-refractivity contribution in [3.63, 3.8) is 0 Å². The van der Waals surface area contributed by atoms with Crippen molar-refractivity contribution < 1.29 is 15.3 Å². The number of nitrogens with zero attached hydrogens (tertiary/aromatic N) is 2. The van der Waals surface area contributed by atoms with Gasteiger partial charge in [0.25, 0.3) is 0 Å². The zero-order valence-electron chi connectivity index (χ0n) is 19.7. The lowest BCUT2D eigenvalue weighted by atomic mass is 9.97. The third kappa shape index (κ3) is 5.31. The Balaban J connectivity index is 1.34. The van der Waals surface area contributed by atoms with Gasteiger partial charge >= 0.3 is 0 Å². The summed E-state index contributed by atoms with van der Waals surface area (Å²) >= 11 is 6.55. The molecule has 1 aliphatic rings. The van der Waals surface area contributed by atoms with Crippen LogP contribution in [0, 0.1) is 0 Å². The number of halogens is 1. The predicted molar refractivity (Wildman–Crippen MR) is 142 cm³/mol. The molecule has 5 rings (SSSR count). The van der Waals surface area contributed by atoms with Crippen LogP contribution in [0.4, 0.5) is 11.4 Å². The van der Waals surface area contributed by atoms with Crippen molar-refractivity contribution in [1.82, 2.24) is 14.9 Å². The van der Waals surface area contributed by atoms with Crippen LogP contribution in [0.3, 0.4) is 0 Å². The fraction of sp³-hybridized carbons (Fsp3) is 0.250. The molecule has 4 aromatic rings. The monoisotopic (exact) mass is 504 g/mol. The third-order valence-corrected chi connectivity index (χ3v) is 6.91. The first kappa shape index (κ1) is 24.5. The molecule has 2 atom stereocenters. The molecule has 0 amide bonds. The molecule has 1 aromatic heterocycles. The molecule has 0 saturated carbocycles. The second-order valence-electron chi connectivity index (χ2n) is 9.08.